The molecule has 1 aromatic carbocycles. The lowest BCUT2D eigenvalue weighted by molar-refractivity contribution is -0.117. The predicted molar refractivity (Wildman–Crippen MR) is 53.9 cm³/mol. The van der Waals surface area contributed by atoms with E-state index in [4.69, 9.17) is 0 Å². The number of carbonyl (C=O) groups excluding carboxylic acids is 1. The summed E-state index contributed by atoms with van der Waals surface area (Å²) < 4.78 is 26.7. The van der Waals surface area contributed by atoms with Crippen LogP contribution in [0.2, 0.25) is 0 Å². The van der Waals surface area contributed by atoms with Crippen molar-refractivity contribution in [2.75, 3.05) is 0 Å². The maximum Gasteiger partial charge on any atom is 0.221 e. The van der Waals surface area contributed by atoms with E-state index in [0.29, 0.717) is 5.56 Å². The standard InChI is InChI=1S/C11H11F2NO/c1-6-4-9(12)11(10(13)5-6)7(2)14-8(3)15/h4-5H,2H2,1,3H3,(H,14,15). The van der Waals surface area contributed by atoms with E-state index in [-0.39, 0.29) is 11.3 Å². The molecule has 80 valence electrons. The summed E-state index contributed by atoms with van der Waals surface area (Å²) in [5.41, 5.74) is 0.109. The Morgan fingerprint density at radius 2 is 1.80 bits per heavy atom. The second kappa shape index (κ2) is 4.21. The normalized spacial score (nSPS) is 9.87. The Bertz CT molecular complexity index is 404. The van der Waals surface area contributed by atoms with Gasteiger partial charge in [-0.05, 0) is 24.6 Å². The Kier molecular flexibility index (Phi) is 3.19. The number of benzene rings is 1. The van der Waals surface area contributed by atoms with Gasteiger partial charge in [0.25, 0.3) is 0 Å². The number of hydrogen-bond acceptors (Lipinski definition) is 1. The molecule has 0 radical (unpaired) electrons. The van der Waals surface area contributed by atoms with Crippen LogP contribution < -0.4 is 5.32 Å². The van der Waals surface area contributed by atoms with Crippen molar-refractivity contribution in [1.82, 2.24) is 5.32 Å². The van der Waals surface area contributed by atoms with E-state index in [1.54, 1.807) is 6.92 Å². The maximum atomic E-state index is 13.4. The summed E-state index contributed by atoms with van der Waals surface area (Å²) in [6.45, 7) is 6.23. The zero-order chi connectivity index (χ0) is 11.6. The van der Waals surface area contributed by atoms with Crippen molar-refractivity contribution >= 4 is 11.6 Å². The third kappa shape index (κ3) is 2.62. The maximum absolute atomic E-state index is 13.4. The molecule has 15 heavy (non-hydrogen) atoms. The third-order valence-corrected chi connectivity index (χ3v) is 1.82. The summed E-state index contributed by atoms with van der Waals surface area (Å²) >= 11 is 0. The number of carbonyl (C=O) groups is 1. The van der Waals surface area contributed by atoms with Gasteiger partial charge in [-0.2, -0.15) is 0 Å². The Morgan fingerprint density at radius 3 is 2.20 bits per heavy atom. The summed E-state index contributed by atoms with van der Waals surface area (Å²) in [4.78, 5) is 10.7. The second-order valence-corrected chi connectivity index (χ2v) is 3.26. The topological polar surface area (TPSA) is 29.1 Å². The Morgan fingerprint density at radius 1 is 1.33 bits per heavy atom. The third-order valence-electron chi connectivity index (χ3n) is 1.82. The molecule has 0 saturated heterocycles. The van der Waals surface area contributed by atoms with Crippen LogP contribution in [0.5, 0.6) is 0 Å². The first kappa shape index (κ1) is 11.4. The van der Waals surface area contributed by atoms with Gasteiger partial charge in [0, 0.05) is 12.6 Å². The van der Waals surface area contributed by atoms with Gasteiger partial charge >= 0.3 is 0 Å². The largest absolute Gasteiger partial charge is 0.326 e. The Balaban J connectivity index is 3.14. The summed E-state index contributed by atoms with van der Waals surface area (Å²) in [7, 11) is 0. The Labute approximate surface area is 86.6 Å². The molecule has 0 aliphatic heterocycles. The fourth-order valence-electron chi connectivity index (χ4n) is 1.26. The number of halogens is 2. The Hall–Kier alpha value is -1.71. The molecule has 0 atom stereocenters. The minimum atomic E-state index is -0.730. The molecule has 0 aliphatic carbocycles. The van der Waals surface area contributed by atoms with Gasteiger partial charge in [0.15, 0.2) is 0 Å². The van der Waals surface area contributed by atoms with Crippen LogP contribution >= 0.6 is 0 Å². The summed E-state index contributed by atoms with van der Waals surface area (Å²) in [5, 5.41) is 2.25. The van der Waals surface area contributed by atoms with Crippen LogP contribution in [0, 0.1) is 18.6 Å². The first-order valence-electron chi connectivity index (χ1n) is 4.34. The molecule has 0 bridgehead atoms. The van der Waals surface area contributed by atoms with E-state index in [9.17, 15) is 13.6 Å². The highest BCUT2D eigenvalue weighted by Crippen LogP contribution is 2.20. The van der Waals surface area contributed by atoms with Crippen LogP contribution in [-0.2, 0) is 4.79 Å². The van der Waals surface area contributed by atoms with Crippen molar-refractivity contribution in [3.8, 4) is 0 Å². The number of rotatable bonds is 2. The molecule has 0 saturated carbocycles. The highest BCUT2D eigenvalue weighted by molar-refractivity contribution is 5.84. The quantitative estimate of drug-likeness (QED) is 0.799. The zero-order valence-electron chi connectivity index (χ0n) is 8.53. The van der Waals surface area contributed by atoms with E-state index in [0.717, 1.165) is 0 Å². The van der Waals surface area contributed by atoms with Gasteiger partial charge in [0.2, 0.25) is 5.91 Å². The summed E-state index contributed by atoms with van der Waals surface area (Å²) in [5.74, 6) is -1.88. The van der Waals surface area contributed by atoms with E-state index >= 15 is 0 Å². The fraction of sp³-hybridized carbons (Fsp3) is 0.182. The lowest BCUT2D eigenvalue weighted by Gasteiger charge is -2.09. The van der Waals surface area contributed by atoms with Gasteiger partial charge in [-0.3, -0.25) is 4.79 Å². The van der Waals surface area contributed by atoms with Crippen LogP contribution in [0.1, 0.15) is 18.1 Å². The number of aryl methyl sites for hydroxylation is 1. The predicted octanol–water partition coefficient (Wildman–Crippen LogP) is 2.38. The molecule has 1 rings (SSSR count). The van der Waals surface area contributed by atoms with E-state index in [1.807, 2.05) is 0 Å². The smallest absolute Gasteiger partial charge is 0.221 e. The van der Waals surface area contributed by atoms with Crippen molar-refractivity contribution in [2.24, 2.45) is 0 Å². The van der Waals surface area contributed by atoms with Gasteiger partial charge in [0.1, 0.15) is 11.6 Å². The average molecular weight is 211 g/mol. The minimum absolute atomic E-state index is 0.0718. The molecule has 0 aromatic heterocycles. The van der Waals surface area contributed by atoms with Gasteiger partial charge < -0.3 is 5.32 Å². The second-order valence-electron chi connectivity index (χ2n) is 3.26. The van der Waals surface area contributed by atoms with Crippen molar-refractivity contribution in [3.63, 3.8) is 0 Å². The van der Waals surface area contributed by atoms with E-state index < -0.39 is 17.5 Å². The first-order valence-corrected chi connectivity index (χ1v) is 4.34. The molecule has 0 unspecified atom stereocenters. The van der Waals surface area contributed by atoms with Crippen LogP contribution in [0.3, 0.4) is 0 Å². The molecule has 4 heteroatoms. The number of amides is 1. The number of nitrogens with one attached hydrogen (secondary N) is 1. The highest BCUT2D eigenvalue weighted by Gasteiger charge is 2.13. The molecule has 1 N–H and O–H groups in total. The molecule has 0 fully saturated rings. The number of hydrogen-bond donors (Lipinski definition) is 1. The summed E-state index contributed by atoms with van der Waals surface area (Å²) in [6.07, 6.45) is 0. The average Bonchev–Trinajstić information content (AvgIpc) is 1.99. The molecule has 2 nitrogen and oxygen atoms in total. The van der Waals surface area contributed by atoms with Crippen LogP contribution in [-0.4, -0.2) is 5.91 Å². The van der Waals surface area contributed by atoms with E-state index in [1.165, 1.54) is 19.1 Å². The lowest BCUT2D eigenvalue weighted by Crippen LogP contribution is -2.18. The molecule has 0 heterocycles. The molecule has 1 amide bonds. The van der Waals surface area contributed by atoms with Gasteiger partial charge in [-0.25, -0.2) is 8.78 Å². The SMILES string of the molecule is C=C(NC(C)=O)c1c(F)cc(C)cc1F. The van der Waals surface area contributed by atoms with Crippen molar-refractivity contribution in [3.05, 3.63) is 41.5 Å². The zero-order valence-corrected chi connectivity index (χ0v) is 8.53. The summed E-state index contributed by atoms with van der Waals surface area (Å²) in [6, 6.07) is 2.37. The van der Waals surface area contributed by atoms with Gasteiger partial charge in [0.05, 0.1) is 5.56 Å². The minimum Gasteiger partial charge on any atom is -0.326 e. The molecule has 1 aromatic rings. The lowest BCUT2D eigenvalue weighted by atomic mass is 10.1. The molecular weight excluding hydrogens is 200 g/mol. The van der Waals surface area contributed by atoms with Crippen LogP contribution in [0.25, 0.3) is 5.70 Å². The molecular formula is C11H11F2NO. The van der Waals surface area contributed by atoms with Crippen molar-refractivity contribution in [1.29, 1.82) is 0 Å². The highest BCUT2D eigenvalue weighted by atomic mass is 19.1. The van der Waals surface area contributed by atoms with Crippen molar-refractivity contribution < 1.29 is 13.6 Å². The molecule has 0 aliphatic rings. The van der Waals surface area contributed by atoms with Crippen molar-refractivity contribution in [2.45, 2.75) is 13.8 Å². The molecule has 0 spiro atoms. The van der Waals surface area contributed by atoms with Crippen LogP contribution in [0.4, 0.5) is 8.78 Å². The van der Waals surface area contributed by atoms with Gasteiger partial charge in [-0.15, -0.1) is 0 Å². The van der Waals surface area contributed by atoms with Gasteiger partial charge in [-0.1, -0.05) is 6.58 Å². The fourth-order valence-corrected chi connectivity index (χ4v) is 1.26. The first-order chi connectivity index (χ1) is 6.91. The van der Waals surface area contributed by atoms with E-state index in [2.05, 4.69) is 11.9 Å². The monoisotopic (exact) mass is 211 g/mol. The van der Waals surface area contributed by atoms with Crippen LogP contribution in [0.15, 0.2) is 18.7 Å².